The number of methoxy groups -OCH3 is 1. The molecule has 0 bridgehead atoms. The Bertz CT molecular complexity index is 1010. The van der Waals surface area contributed by atoms with Gasteiger partial charge in [-0.2, -0.15) is 0 Å². The van der Waals surface area contributed by atoms with Gasteiger partial charge < -0.3 is 14.8 Å². The molecule has 1 saturated heterocycles. The molecule has 138 valence electrons. The Hall–Kier alpha value is -3.22. The standard InChI is InChI=1S/C20H18FN3O3/c1-26-18-5-4-13(8-15(18)21)16-9-17-14(3-2-6-22-17)20(24-16)27-11-12-7-19(25)23-10-12/h2-6,8-9,12H,7,10-11H2,1H3,(H,23,25). The predicted octanol–water partition coefficient (Wildman–Crippen LogP) is 2.96. The van der Waals surface area contributed by atoms with E-state index in [1.165, 1.54) is 13.2 Å². The summed E-state index contributed by atoms with van der Waals surface area (Å²) < 4.78 is 25.0. The lowest BCUT2D eigenvalue weighted by molar-refractivity contribution is -0.119. The van der Waals surface area contributed by atoms with Crippen molar-refractivity contribution in [1.29, 1.82) is 0 Å². The van der Waals surface area contributed by atoms with E-state index in [-0.39, 0.29) is 17.6 Å². The summed E-state index contributed by atoms with van der Waals surface area (Å²) in [6.45, 7) is 0.967. The molecular weight excluding hydrogens is 349 g/mol. The first-order valence-electron chi connectivity index (χ1n) is 8.63. The van der Waals surface area contributed by atoms with Crippen molar-refractivity contribution in [3.63, 3.8) is 0 Å². The normalized spacial score (nSPS) is 16.4. The Morgan fingerprint density at radius 1 is 1.30 bits per heavy atom. The van der Waals surface area contributed by atoms with Gasteiger partial charge in [-0.05, 0) is 36.4 Å². The van der Waals surface area contributed by atoms with Crippen LogP contribution in [0.1, 0.15) is 6.42 Å². The Kier molecular flexibility index (Phi) is 4.58. The minimum atomic E-state index is -0.462. The molecule has 2 aromatic heterocycles. The lowest BCUT2D eigenvalue weighted by atomic mass is 10.1. The quantitative estimate of drug-likeness (QED) is 0.751. The smallest absolute Gasteiger partial charge is 0.223 e. The van der Waals surface area contributed by atoms with Crippen molar-refractivity contribution < 1.29 is 18.7 Å². The summed E-state index contributed by atoms with van der Waals surface area (Å²) in [5, 5.41) is 3.56. The summed E-state index contributed by atoms with van der Waals surface area (Å²) in [6, 6.07) is 10.2. The van der Waals surface area contributed by atoms with E-state index >= 15 is 0 Å². The van der Waals surface area contributed by atoms with Crippen molar-refractivity contribution in [2.24, 2.45) is 5.92 Å². The van der Waals surface area contributed by atoms with Gasteiger partial charge in [-0.15, -0.1) is 0 Å². The zero-order chi connectivity index (χ0) is 18.8. The second-order valence-corrected chi connectivity index (χ2v) is 6.42. The fourth-order valence-corrected chi connectivity index (χ4v) is 3.11. The molecule has 6 nitrogen and oxygen atoms in total. The Morgan fingerprint density at radius 3 is 2.93 bits per heavy atom. The summed E-state index contributed by atoms with van der Waals surface area (Å²) in [7, 11) is 1.42. The fourth-order valence-electron chi connectivity index (χ4n) is 3.11. The third-order valence-electron chi connectivity index (χ3n) is 4.53. The second kappa shape index (κ2) is 7.19. The molecule has 1 fully saturated rings. The van der Waals surface area contributed by atoms with Crippen LogP contribution < -0.4 is 14.8 Å². The number of halogens is 1. The number of hydrogen-bond acceptors (Lipinski definition) is 5. The molecule has 1 aliphatic rings. The van der Waals surface area contributed by atoms with Crippen molar-refractivity contribution in [3.8, 4) is 22.9 Å². The van der Waals surface area contributed by atoms with Crippen molar-refractivity contribution >= 4 is 16.8 Å². The minimum absolute atomic E-state index is 0.0329. The van der Waals surface area contributed by atoms with Crippen molar-refractivity contribution in [3.05, 3.63) is 48.4 Å². The van der Waals surface area contributed by atoms with Crippen molar-refractivity contribution in [2.75, 3.05) is 20.3 Å². The van der Waals surface area contributed by atoms with Crippen LogP contribution in [0.25, 0.3) is 22.2 Å². The van der Waals surface area contributed by atoms with E-state index in [0.717, 1.165) is 5.39 Å². The number of ether oxygens (including phenoxy) is 2. The molecule has 27 heavy (non-hydrogen) atoms. The van der Waals surface area contributed by atoms with E-state index in [9.17, 15) is 9.18 Å². The van der Waals surface area contributed by atoms with Gasteiger partial charge in [-0.3, -0.25) is 9.78 Å². The summed E-state index contributed by atoms with van der Waals surface area (Å²) in [4.78, 5) is 20.3. The Labute approximate surface area is 155 Å². The predicted molar refractivity (Wildman–Crippen MR) is 98.1 cm³/mol. The number of rotatable bonds is 5. The summed E-state index contributed by atoms with van der Waals surface area (Å²) in [5.74, 6) is 0.272. The van der Waals surface area contributed by atoms with E-state index in [1.807, 2.05) is 12.1 Å². The van der Waals surface area contributed by atoms with Gasteiger partial charge in [0.2, 0.25) is 11.8 Å². The number of fused-ring (bicyclic) bond motifs is 1. The number of aromatic nitrogens is 2. The lowest BCUT2D eigenvalue weighted by Crippen LogP contribution is -2.17. The van der Waals surface area contributed by atoms with Crippen molar-refractivity contribution in [2.45, 2.75) is 6.42 Å². The van der Waals surface area contributed by atoms with Gasteiger partial charge in [0.15, 0.2) is 11.6 Å². The molecule has 7 heteroatoms. The number of carbonyl (C=O) groups is 1. The van der Waals surface area contributed by atoms with Crippen LogP contribution in [0.3, 0.4) is 0 Å². The van der Waals surface area contributed by atoms with Gasteiger partial charge in [-0.1, -0.05) is 0 Å². The van der Waals surface area contributed by atoms with Crippen LogP contribution in [-0.2, 0) is 4.79 Å². The SMILES string of the molecule is COc1ccc(-c2cc3ncccc3c(OCC3CNC(=O)C3)n2)cc1F. The number of amides is 1. The highest BCUT2D eigenvalue weighted by molar-refractivity contribution is 5.87. The highest BCUT2D eigenvalue weighted by Crippen LogP contribution is 2.30. The van der Waals surface area contributed by atoms with E-state index in [0.29, 0.717) is 42.2 Å². The molecule has 1 aliphatic heterocycles. The molecule has 1 N–H and O–H groups in total. The van der Waals surface area contributed by atoms with Crippen LogP contribution in [0, 0.1) is 11.7 Å². The van der Waals surface area contributed by atoms with Gasteiger partial charge in [-0.25, -0.2) is 9.37 Å². The lowest BCUT2D eigenvalue weighted by Gasteiger charge is -2.13. The topological polar surface area (TPSA) is 73.3 Å². The first kappa shape index (κ1) is 17.2. The van der Waals surface area contributed by atoms with E-state index in [4.69, 9.17) is 9.47 Å². The number of carbonyl (C=O) groups excluding carboxylic acids is 1. The first-order chi connectivity index (χ1) is 13.1. The maximum Gasteiger partial charge on any atom is 0.223 e. The largest absolute Gasteiger partial charge is 0.494 e. The third-order valence-corrected chi connectivity index (χ3v) is 4.53. The van der Waals surface area contributed by atoms with Gasteiger partial charge >= 0.3 is 0 Å². The average Bonchev–Trinajstić information content (AvgIpc) is 3.11. The molecule has 1 aromatic carbocycles. The van der Waals surface area contributed by atoms with Crippen LogP contribution in [0.4, 0.5) is 4.39 Å². The number of nitrogens with zero attached hydrogens (tertiary/aromatic N) is 2. The maximum absolute atomic E-state index is 14.1. The number of pyridine rings is 2. The van der Waals surface area contributed by atoms with Crippen LogP contribution in [0.15, 0.2) is 42.6 Å². The van der Waals surface area contributed by atoms with Crippen LogP contribution in [-0.4, -0.2) is 36.1 Å². The molecule has 0 aliphatic carbocycles. The van der Waals surface area contributed by atoms with Gasteiger partial charge in [0.25, 0.3) is 0 Å². The van der Waals surface area contributed by atoms with Crippen LogP contribution in [0.5, 0.6) is 11.6 Å². The number of hydrogen-bond donors (Lipinski definition) is 1. The van der Waals surface area contributed by atoms with E-state index in [1.54, 1.807) is 24.4 Å². The molecule has 4 rings (SSSR count). The van der Waals surface area contributed by atoms with Crippen molar-refractivity contribution in [1.82, 2.24) is 15.3 Å². The molecule has 3 heterocycles. The minimum Gasteiger partial charge on any atom is -0.494 e. The molecule has 1 unspecified atom stereocenters. The van der Waals surface area contributed by atoms with Gasteiger partial charge in [0.05, 0.1) is 30.3 Å². The molecule has 3 aromatic rings. The Balaban J connectivity index is 1.69. The van der Waals surface area contributed by atoms with Crippen LogP contribution >= 0.6 is 0 Å². The molecule has 1 atom stereocenters. The molecule has 0 spiro atoms. The summed E-state index contributed by atoms with van der Waals surface area (Å²) in [5.41, 5.74) is 1.86. The number of benzene rings is 1. The van der Waals surface area contributed by atoms with Gasteiger partial charge in [0, 0.05) is 30.6 Å². The fraction of sp³-hybridized carbons (Fsp3) is 0.250. The average molecular weight is 367 g/mol. The monoisotopic (exact) mass is 367 g/mol. The van der Waals surface area contributed by atoms with Crippen LogP contribution in [0.2, 0.25) is 0 Å². The van der Waals surface area contributed by atoms with E-state index in [2.05, 4.69) is 15.3 Å². The van der Waals surface area contributed by atoms with E-state index < -0.39 is 5.82 Å². The Morgan fingerprint density at radius 2 is 2.19 bits per heavy atom. The number of nitrogens with one attached hydrogen (secondary N) is 1. The molecule has 0 saturated carbocycles. The zero-order valence-electron chi connectivity index (χ0n) is 14.7. The zero-order valence-corrected chi connectivity index (χ0v) is 14.7. The first-order valence-corrected chi connectivity index (χ1v) is 8.63. The molecule has 0 radical (unpaired) electrons. The summed E-state index contributed by atoms with van der Waals surface area (Å²) >= 11 is 0. The second-order valence-electron chi connectivity index (χ2n) is 6.42. The van der Waals surface area contributed by atoms with Gasteiger partial charge in [0.1, 0.15) is 0 Å². The maximum atomic E-state index is 14.1. The summed E-state index contributed by atoms with van der Waals surface area (Å²) in [6.07, 6.45) is 2.13. The third kappa shape index (κ3) is 3.53. The highest BCUT2D eigenvalue weighted by atomic mass is 19.1. The highest BCUT2D eigenvalue weighted by Gasteiger charge is 2.22. The molecular formula is C20H18FN3O3. The molecule has 1 amide bonds.